The van der Waals surface area contributed by atoms with Gasteiger partial charge in [-0.05, 0) is 36.2 Å². The minimum atomic E-state index is -0.761. The topological polar surface area (TPSA) is 76.7 Å². The first-order chi connectivity index (χ1) is 15.0. The number of rotatable bonds is 8. The molecule has 0 spiro atoms. The van der Waals surface area contributed by atoms with Crippen LogP contribution in [0, 0.1) is 6.92 Å². The molecule has 0 aliphatic carbocycles. The molecule has 1 atom stereocenters. The van der Waals surface area contributed by atoms with Gasteiger partial charge in [-0.25, -0.2) is 0 Å². The monoisotopic (exact) mass is 418 g/mol. The molecule has 2 N–H and O–H groups in total. The van der Waals surface area contributed by atoms with Gasteiger partial charge in [0.1, 0.15) is 6.04 Å². The average molecular weight is 418 g/mol. The molecule has 31 heavy (non-hydrogen) atoms. The van der Waals surface area contributed by atoms with Crippen LogP contribution in [0.5, 0.6) is 11.5 Å². The van der Waals surface area contributed by atoms with Crippen LogP contribution in [0.3, 0.4) is 0 Å². The number of methoxy groups -OCH3 is 2. The van der Waals surface area contributed by atoms with E-state index in [2.05, 4.69) is 10.6 Å². The Morgan fingerprint density at radius 3 is 2.06 bits per heavy atom. The molecule has 0 heterocycles. The fraction of sp³-hybridized carbons (Fsp3) is 0.200. The highest BCUT2D eigenvalue weighted by atomic mass is 16.5. The van der Waals surface area contributed by atoms with E-state index in [-0.39, 0.29) is 11.8 Å². The molecule has 160 valence electrons. The van der Waals surface area contributed by atoms with E-state index in [1.165, 1.54) is 7.11 Å². The smallest absolute Gasteiger partial charge is 0.251 e. The SMILES string of the molecule is COc1cc(C)c(NC(=O)C(Cc2ccccc2)NC(=O)c2ccccc2)cc1OC. The lowest BCUT2D eigenvalue weighted by Gasteiger charge is -2.20. The highest BCUT2D eigenvalue weighted by Gasteiger charge is 2.23. The van der Waals surface area contributed by atoms with Gasteiger partial charge in [-0.1, -0.05) is 48.5 Å². The van der Waals surface area contributed by atoms with E-state index in [9.17, 15) is 9.59 Å². The zero-order valence-electron chi connectivity index (χ0n) is 17.8. The zero-order valence-corrected chi connectivity index (χ0v) is 17.8. The Kier molecular flexibility index (Phi) is 7.27. The van der Waals surface area contributed by atoms with Crippen LogP contribution in [0.4, 0.5) is 5.69 Å². The normalized spacial score (nSPS) is 11.3. The summed E-state index contributed by atoms with van der Waals surface area (Å²) >= 11 is 0. The van der Waals surface area contributed by atoms with Gasteiger partial charge in [0.2, 0.25) is 5.91 Å². The van der Waals surface area contributed by atoms with Crippen molar-refractivity contribution in [1.29, 1.82) is 0 Å². The molecule has 6 heteroatoms. The molecular weight excluding hydrogens is 392 g/mol. The number of ether oxygens (including phenoxy) is 2. The predicted molar refractivity (Wildman–Crippen MR) is 121 cm³/mol. The maximum atomic E-state index is 13.2. The Bertz CT molecular complexity index is 1040. The highest BCUT2D eigenvalue weighted by Crippen LogP contribution is 2.33. The molecule has 0 saturated carbocycles. The van der Waals surface area contributed by atoms with Gasteiger partial charge in [0.05, 0.1) is 14.2 Å². The second-order valence-corrected chi connectivity index (χ2v) is 7.09. The summed E-state index contributed by atoms with van der Waals surface area (Å²) < 4.78 is 10.7. The third-order valence-corrected chi connectivity index (χ3v) is 4.93. The Morgan fingerprint density at radius 1 is 0.871 bits per heavy atom. The van der Waals surface area contributed by atoms with Crippen LogP contribution >= 0.6 is 0 Å². The Balaban J connectivity index is 1.84. The third-order valence-electron chi connectivity index (χ3n) is 4.93. The van der Waals surface area contributed by atoms with Crippen LogP contribution in [0.1, 0.15) is 21.5 Å². The summed E-state index contributed by atoms with van der Waals surface area (Å²) in [7, 11) is 3.10. The Hall–Kier alpha value is -3.80. The van der Waals surface area contributed by atoms with Crippen molar-refractivity contribution < 1.29 is 19.1 Å². The van der Waals surface area contributed by atoms with Crippen molar-refractivity contribution in [3.05, 3.63) is 89.5 Å². The number of carbonyl (C=O) groups excluding carboxylic acids is 2. The van der Waals surface area contributed by atoms with Crippen LogP contribution in [0.25, 0.3) is 0 Å². The zero-order chi connectivity index (χ0) is 22.2. The fourth-order valence-corrected chi connectivity index (χ4v) is 3.23. The van der Waals surface area contributed by atoms with Crippen LogP contribution < -0.4 is 20.1 Å². The van der Waals surface area contributed by atoms with Gasteiger partial charge >= 0.3 is 0 Å². The number of amides is 2. The Morgan fingerprint density at radius 2 is 1.45 bits per heavy atom. The molecule has 1 unspecified atom stereocenters. The minimum Gasteiger partial charge on any atom is -0.493 e. The molecule has 0 aliphatic rings. The van der Waals surface area contributed by atoms with E-state index in [0.29, 0.717) is 29.2 Å². The van der Waals surface area contributed by atoms with E-state index >= 15 is 0 Å². The minimum absolute atomic E-state index is 0.305. The molecule has 0 aromatic heterocycles. The van der Waals surface area contributed by atoms with Crippen molar-refractivity contribution >= 4 is 17.5 Å². The molecule has 0 aliphatic heterocycles. The van der Waals surface area contributed by atoms with Gasteiger partial charge < -0.3 is 20.1 Å². The van der Waals surface area contributed by atoms with Gasteiger partial charge in [0.25, 0.3) is 5.91 Å². The first-order valence-corrected chi connectivity index (χ1v) is 9.95. The van der Waals surface area contributed by atoms with E-state index in [1.807, 2.05) is 43.3 Å². The van der Waals surface area contributed by atoms with Crippen molar-refractivity contribution in [2.75, 3.05) is 19.5 Å². The number of hydrogen-bond acceptors (Lipinski definition) is 4. The van der Waals surface area contributed by atoms with Gasteiger partial charge in [-0.2, -0.15) is 0 Å². The van der Waals surface area contributed by atoms with E-state index < -0.39 is 6.04 Å². The number of anilines is 1. The molecular formula is C25H26N2O4. The summed E-state index contributed by atoms with van der Waals surface area (Å²) in [4.78, 5) is 25.9. The predicted octanol–water partition coefficient (Wildman–Crippen LogP) is 3.99. The van der Waals surface area contributed by atoms with Gasteiger partial charge in [0.15, 0.2) is 11.5 Å². The van der Waals surface area contributed by atoms with Gasteiger partial charge in [0, 0.05) is 23.7 Å². The van der Waals surface area contributed by atoms with Crippen molar-refractivity contribution in [3.63, 3.8) is 0 Å². The Labute approximate surface area is 182 Å². The highest BCUT2D eigenvalue weighted by molar-refractivity contribution is 6.01. The summed E-state index contributed by atoms with van der Waals surface area (Å²) in [6.45, 7) is 1.87. The van der Waals surface area contributed by atoms with E-state index in [4.69, 9.17) is 9.47 Å². The third kappa shape index (κ3) is 5.63. The molecule has 3 aromatic rings. The van der Waals surface area contributed by atoms with Crippen LogP contribution in [0.2, 0.25) is 0 Å². The number of carbonyl (C=O) groups is 2. The number of hydrogen-bond donors (Lipinski definition) is 2. The summed E-state index contributed by atoms with van der Waals surface area (Å²) in [6.07, 6.45) is 0.359. The molecule has 3 aromatic carbocycles. The molecule has 6 nitrogen and oxygen atoms in total. The molecule has 0 saturated heterocycles. The van der Waals surface area contributed by atoms with Crippen molar-refractivity contribution in [2.45, 2.75) is 19.4 Å². The van der Waals surface area contributed by atoms with E-state index in [0.717, 1.165) is 11.1 Å². The van der Waals surface area contributed by atoms with Crippen LogP contribution in [0.15, 0.2) is 72.8 Å². The standard InChI is InChI=1S/C25H26N2O4/c1-17-14-22(30-2)23(31-3)16-20(17)26-25(29)21(15-18-10-6-4-7-11-18)27-24(28)19-12-8-5-9-13-19/h4-14,16,21H,15H2,1-3H3,(H,26,29)(H,27,28). The van der Waals surface area contributed by atoms with Crippen LogP contribution in [-0.2, 0) is 11.2 Å². The lowest BCUT2D eigenvalue weighted by atomic mass is 10.0. The van der Waals surface area contributed by atoms with Crippen molar-refractivity contribution in [3.8, 4) is 11.5 Å². The molecule has 2 amide bonds. The largest absolute Gasteiger partial charge is 0.493 e. The number of nitrogens with one attached hydrogen (secondary N) is 2. The second kappa shape index (κ2) is 10.3. The quantitative estimate of drug-likeness (QED) is 0.580. The van der Waals surface area contributed by atoms with Gasteiger partial charge in [-0.3, -0.25) is 9.59 Å². The lowest BCUT2D eigenvalue weighted by Crippen LogP contribution is -2.45. The van der Waals surface area contributed by atoms with Crippen molar-refractivity contribution in [2.24, 2.45) is 0 Å². The molecule has 3 rings (SSSR count). The fourth-order valence-electron chi connectivity index (χ4n) is 3.23. The number of benzene rings is 3. The summed E-state index contributed by atoms with van der Waals surface area (Å²) in [6, 6.07) is 21.2. The van der Waals surface area contributed by atoms with E-state index in [1.54, 1.807) is 43.5 Å². The average Bonchev–Trinajstić information content (AvgIpc) is 2.80. The van der Waals surface area contributed by atoms with Gasteiger partial charge in [-0.15, -0.1) is 0 Å². The maximum absolute atomic E-state index is 13.2. The summed E-state index contributed by atoms with van der Waals surface area (Å²) in [5.74, 6) is 0.469. The van der Waals surface area contributed by atoms with Crippen LogP contribution in [-0.4, -0.2) is 32.1 Å². The molecule has 0 radical (unpaired) electrons. The summed E-state index contributed by atoms with van der Waals surface area (Å²) in [5.41, 5.74) is 2.85. The molecule has 0 bridgehead atoms. The second-order valence-electron chi connectivity index (χ2n) is 7.09. The maximum Gasteiger partial charge on any atom is 0.251 e. The number of aryl methyl sites for hydroxylation is 1. The van der Waals surface area contributed by atoms with Crippen molar-refractivity contribution in [1.82, 2.24) is 5.32 Å². The first kappa shape index (κ1) is 21.9. The summed E-state index contributed by atoms with van der Waals surface area (Å²) in [5, 5.41) is 5.79. The lowest BCUT2D eigenvalue weighted by molar-refractivity contribution is -0.118. The first-order valence-electron chi connectivity index (χ1n) is 9.95. The molecule has 0 fully saturated rings.